The summed E-state index contributed by atoms with van der Waals surface area (Å²) in [5, 5.41) is 3.95. The monoisotopic (exact) mass is 222 g/mol. The highest BCUT2D eigenvalue weighted by molar-refractivity contribution is 6.03. The molecule has 0 saturated carbocycles. The second-order valence-electron chi connectivity index (χ2n) is 3.86. The molecule has 0 aromatic heterocycles. The van der Waals surface area contributed by atoms with Crippen LogP contribution in [0.5, 0.6) is 0 Å². The van der Waals surface area contributed by atoms with Gasteiger partial charge in [-0.2, -0.15) is 5.10 Å². The Balaban J connectivity index is 3.20. The minimum Gasteiger partial charge on any atom is -0.277 e. The summed E-state index contributed by atoms with van der Waals surface area (Å²) < 4.78 is 13.1. The van der Waals surface area contributed by atoms with E-state index in [0.717, 1.165) is 11.1 Å². The largest absolute Gasteiger partial charge is 0.277 e. The number of halogens is 1. The summed E-state index contributed by atoms with van der Waals surface area (Å²) in [7, 11) is 0. The van der Waals surface area contributed by atoms with Crippen molar-refractivity contribution in [2.45, 2.75) is 20.8 Å². The Morgan fingerprint density at radius 2 is 2.19 bits per heavy atom. The summed E-state index contributed by atoms with van der Waals surface area (Å²) in [5.74, 6) is -0.201. The van der Waals surface area contributed by atoms with E-state index >= 15 is 0 Å². The lowest BCUT2D eigenvalue weighted by molar-refractivity contribution is -0.109. The van der Waals surface area contributed by atoms with E-state index in [1.54, 1.807) is 6.07 Å². The fourth-order valence-electron chi connectivity index (χ4n) is 1.47. The predicted octanol–water partition coefficient (Wildman–Crippen LogP) is 2.24. The number of hydrogen-bond donors (Lipinski definition) is 1. The van der Waals surface area contributed by atoms with Crippen molar-refractivity contribution < 1.29 is 9.18 Å². The predicted molar refractivity (Wildman–Crippen MR) is 61.7 cm³/mol. The van der Waals surface area contributed by atoms with Crippen molar-refractivity contribution >= 4 is 12.1 Å². The second kappa shape index (κ2) is 5.39. The number of benzene rings is 1. The third-order valence-corrected chi connectivity index (χ3v) is 2.26. The minimum absolute atomic E-state index is 0.105. The Kier molecular flexibility index (Phi) is 4.17. The SMILES string of the molecule is Cc1ccc(F)cc1C(=NNC=O)C(C)C. The van der Waals surface area contributed by atoms with E-state index in [1.807, 2.05) is 20.8 Å². The van der Waals surface area contributed by atoms with Crippen LogP contribution in [0.2, 0.25) is 0 Å². The van der Waals surface area contributed by atoms with Crippen LogP contribution in [-0.4, -0.2) is 12.1 Å². The fourth-order valence-corrected chi connectivity index (χ4v) is 1.47. The highest BCUT2D eigenvalue weighted by Crippen LogP contribution is 2.15. The molecule has 16 heavy (non-hydrogen) atoms. The Morgan fingerprint density at radius 3 is 2.75 bits per heavy atom. The third-order valence-electron chi connectivity index (χ3n) is 2.26. The average molecular weight is 222 g/mol. The third kappa shape index (κ3) is 2.89. The van der Waals surface area contributed by atoms with Gasteiger partial charge >= 0.3 is 0 Å². The number of rotatable bonds is 4. The van der Waals surface area contributed by atoms with Crippen LogP contribution in [0.1, 0.15) is 25.0 Å². The number of nitrogens with one attached hydrogen (secondary N) is 1. The molecular weight excluding hydrogens is 207 g/mol. The van der Waals surface area contributed by atoms with Gasteiger partial charge in [0.1, 0.15) is 5.82 Å². The quantitative estimate of drug-likeness (QED) is 0.474. The van der Waals surface area contributed by atoms with Crippen molar-refractivity contribution in [3.8, 4) is 0 Å². The maximum Gasteiger partial charge on any atom is 0.227 e. The normalized spacial score (nSPS) is 11.7. The minimum atomic E-state index is -0.306. The van der Waals surface area contributed by atoms with Crippen LogP contribution in [0.3, 0.4) is 0 Å². The molecule has 1 N–H and O–H groups in total. The van der Waals surface area contributed by atoms with Gasteiger partial charge in [-0.1, -0.05) is 19.9 Å². The summed E-state index contributed by atoms with van der Waals surface area (Å²) in [4.78, 5) is 10.2. The zero-order valence-electron chi connectivity index (χ0n) is 9.62. The van der Waals surface area contributed by atoms with E-state index in [-0.39, 0.29) is 11.7 Å². The summed E-state index contributed by atoms with van der Waals surface area (Å²) in [6, 6.07) is 4.54. The van der Waals surface area contributed by atoms with Crippen LogP contribution in [0, 0.1) is 18.7 Å². The van der Waals surface area contributed by atoms with Crippen LogP contribution in [0.4, 0.5) is 4.39 Å². The number of nitrogens with zero attached hydrogens (tertiary/aromatic N) is 1. The van der Waals surface area contributed by atoms with Gasteiger partial charge in [-0.15, -0.1) is 0 Å². The smallest absolute Gasteiger partial charge is 0.227 e. The van der Waals surface area contributed by atoms with Gasteiger partial charge < -0.3 is 0 Å². The van der Waals surface area contributed by atoms with Gasteiger partial charge in [-0.25, -0.2) is 9.82 Å². The Hall–Kier alpha value is -1.71. The van der Waals surface area contributed by atoms with Crippen LogP contribution in [0.25, 0.3) is 0 Å². The molecule has 0 heterocycles. The summed E-state index contributed by atoms with van der Waals surface area (Å²) in [6.45, 7) is 5.76. The van der Waals surface area contributed by atoms with Crippen molar-refractivity contribution in [2.24, 2.45) is 11.0 Å². The lowest BCUT2D eigenvalue weighted by Gasteiger charge is -2.12. The topological polar surface area (TPSA) is 41.5 Å². The van der Waals surface area contributed by atoms with E-state index in [9.17, 15) is 9.18 Å². The van der Waals surface area contributed by atoms with Crippen molar-refractivity contribution in [2.75, 3.05) is 0 Å². The van der Waals surface area contributed by atoms with E-state index in [4.69, 9.17) is 0 Å². The van der Waals surface area contributed by atoms with Crippen molar-refractivity contribution in [1.29, 1.82) is 0 Å². The van der Waals surface area contributed by atoms with Crippen molar-refractivity contribution in [1.82, 2.24) is 5.43 Å². The molecule has 0 atom stereocenters. The molecule has 0 aliphatic rings. The van der Waals surface area contributed by atoms with Crippen LogP contribution >= 0.6 is 0 Å². The molecule has 0 spiro atoms. The molecule has 1 rings (SSSR count). The molecule has 86 valence electrons. The number of hydrogen-bond acceptors (Lipinski definition) is 2. The summed E-state index contributed by atoms with van der Waals surface area (Å²) in [5.41, 5.74) is 4.59. The number of amides is 1. The highest BCUT2D eigenvalue weighted by Gasteiger charge is 2.12. The molecule has 1 aromatic rings. The van der Waals surface area contributed by atoms with Gasteiger partial charge in [0.05, 0.1) is 5.71 Å². The van der Waals surface area contributed by atoms with Crippen LogP contribution in [0.15, 0.2) is 23.3 Å². The molecule has 1 aromatic carbocycles. The number of aryl methyl sites for hydroxylation is 1. The lowest BCUT2D eigenvalue weighted by atomic mass is 9.96. The van der Waals surface area contributed by atoms with Crippen molar-refractivity contribution in [3.05, 3.63) is 35.1 Å². The van der Waals surface area contributed by atoms with E-state index < -0.39 is 0 Å². The molecule has 0 aliphatic carbocycles. The zero-order chi connectivity index (χ0) is 12.1. The molecule has 0 bridgehead atoms. The van der Waals surface area contributed by atoms with E-state index in [1.165, 1.54) is 12.1 Å². The summed E-state index contributed by atoms with van der Waals surface area (Å²) >= 11 is 0. The van der Waals surface area contributed by atoms with Gasteiger partial charge in [0.2, 0.25) is 6.41 Å². The van der Waals surface area contributed by atoms with Crippen LogP contribution < -0.4 is 5.43 Å². The van der Waals surface area contributed by atoms with Gasteiger partial charge in [0.25, 0.3) is 0 Å². The van der Waals surface area contributed by atoms with Gasteiger partial charge in [0, 0.05) is 5.56 Å². The lowest BCUT2D eigenvalue weighted by Crippen LogP contribution is -2.16. The fraction of sp³-hybridized carbons (Fsp3) is 0.333. The number of carbonyl (C=O) groups excluding carboxylic acids is 1. The highest BCUT2D eigenvalue weighted by atomic mass is 19.1. The van der Waals surface area contributed by atoms with Gasteiger partial charge in [0.15, 0.2) is 0 Å². The first-order chi connectivity index (χ1) is 7.56. The number of carbonyl (C=O) groups is 1. The van der Waals surface area contributed by atoms with Crippen LogP contribution in [-0.2, 0) is 4.79 Å². The first kappa shape index (κ1) is 12.4. The molecule has 4 heteroatoms. The Bertz CT molecular complexity index is 413. The Labute approximate surface area is 94.4 Å². The first-order valence-electron chi connectivity index (χ1n) is 5.09. The average Bonchev–Trinajstić information content (AvgIpc) is 2.23. The van der Waals surface area contributed by atoms with Gasteiger partial charge in [-0.3, -0.25) is 4.79 Å². The molecular formula is C12H15FN2O. The zero-order valence-corrected chi connectivity index (χ0v) is 9.62. The standard InChI is InChI=1S/C12H15FN2O/c1-8(2)12(15-14-7-16)11-6-10(13)5-4-9(11)3/h4-8H,1-3H3,(H,14,16). The molecule has 0 radical (unpaired) electrons. The van der Waals surface area contributed by atoms with Crippen molar-refractivity contribution in [3.63, 3.8) is 0 Å². The number of hydrazone groups is 1. The molecule has 3 nitrogen and oxygen atoms in total. The van der Waals surface area contributed by atoms with E-state index in [0.29, 0.717) is 12.1 Å². The van der Waals surface area contributed by atoms with Gasteiger partial charge in [-0.05, 0) is 30.5 Å². The summed E-state index contributed by atoms with van der Waals surface area (Å²) in [6.07, 6.45) is 0.497. The molecule has 0 unspecified atom stereocenters. The first-order valence-corrected chi connectivity index (χ1v) is 5.09. The second-order valence-corrected chi connectivity index (χ2v) is 3.86. The maximum atomic E-state index is 13.1. The molecule has 0 saturated heterocycles. The van der Waals surface area contributed by atoms with E-state index in [2.05, 4.69) is 10.5 Å². The maximum absolute atomic E-state index is 13.1. The molecule has 0 fully saturated rings. The molecule has 1 amide bonds. The molecule has 0 aliphatic heterocycles. The Morgan fingerprint density at radius 1 is 1.50 bits per heavy atom.